The molecule has 1 aromatic carbocycles. The van der Waals surface area contributed by atoms with Gasteiger partial charge < -0.3 is 0 Å². The van der Waals surface area contributed by atoms with Crippen molar-refractivity contribution in [3.05, 3.63) is 32.4 Å². The largest absolute Gasteiger partial charge is 0.122 e. The van der Waals surface area contributed by atoms with E-state index in [9.17, 15) is 0 Å². The van der Waals surface area contributed by atoms with Crippen LogP contribution in [-0.2, 0) is 5.88 Å². The average molecular weight is 298 g/mol. The van der Waals surface area contributed by atoms with Gasteiger partial charge >= 0.3 is 0 Å². The molecule has 57 valence electrons. The molecule has 0 aliphatic heterocycles. The molecule has 0 aromatic heterocycles. The van der Waals surface area contributed by atoms with Gasteiger partial charge in [0.1, 0.15) is 0 Å². The molecule has 0 spiro atoms. The molecule has 0 bridgehead atoms. The summed E-state index contributed by atoms with van der Waals surface area (Å²) in [4.78, 5) is 0. The summed E-state index contributed by atoms with van der Waals surface area (Å²) in [5.41, 5.74) is 1.13. The second kappa shape index (κ2) is 5.28. The molecule has 0 fully saturated rings. The second-order valence-corrected chi connectivity index (χ2v) is 3.74. The van der Waals surface area contributed by atoms with Crippen LogP contribution in [0.3, 0.4) is 0 Å². The molecule has 0 nitrogen and oxygen atoms in total. The predicted molar refractivity (Wildman–Crippen MR) is 59.5 cm³/mol. The van der Waals surface area contributed by atoms with E-state index in [-0.39, 0.29) is 8.41 Å². The molecule has 11 heavy (non-hydrogen) atoms. The molecule has 0 saturated carbocycles. The molecule has 0 amide bonds. The smallest absolute Gasteiger partial charge is 0.0484 e. The first-order chi connectivity index (χ1) is 4.74. The first kappa shape index (κ1) is 11.6. The molecular formula is C7H5BCl2I. The van der Waals surface area contributed by atoms with E-state index in [1.54, 1.807) is 0 Å². The van der Waals surface area contributed by atoms with Gasteiger partial charge in [-0.2, -0.15) is 0 Å². The zero-order valence-corrected chi connectivity index (χ0v) is 9.32. The van der Waals surface area contributed by atoms with Gasteiger partial charge in [-0.3, -0.25) is 0 Å². The van der Waals surface area contributed by atoms with E-state index in [1.807, 2.05) is 18.2 Å². The summed E-state index contributed by atoms with van der Waals surface area (Å²) in [5.74, 6) is 0.551. The Balaban J connectivity index is 0.000001000. The standard InChI is InChI=1S/C7H5Cl2I.B/c8-4-5-1-2-6(9)3-7(5)10;/h1-3H,4H2;. The molecule has 1 rings (SSSR count). The van der Waals surface area contributed by atoms with Gasteiger partial charge in [0.2, 0.25) is 0 Å². The second-order valence-electron chi connectivity index (χ2n) is 1.87. The van der Waals surface area contributed by atoms with E-state index in [0.717, 1.165) is 14.2 Å². The fourth-order valence-corrected chi connectivity index (χ4v) is 2.15. The van der Waals surface area contributed by atoms with Gasteiger partial charge in [-0.1, -0.05) is 17.7 Å². The monoisotopic (exact) mass is 297 g/mol. The van der Waals surface area contributed by atoms with Crippen LogP contribution in [0.15, 0.2) is 18.2 Å². The minimum atomic E-state index is 0. The van der Waals surface area contributed by atoms with Crippen molar-refractivity contribution in [2.24, 2.45) is 0 Å². The van der Waals surface area contributed by atoms with E-state index in [0.29, 0.717) is 5.88 Å². The van der Waals surface area contributed by atoms with Crippen LogP contribution in [0.25, 0.3) is 0 Å². The van der Waals surface area contributed by atoms with Crippen molar-refractivity contribution >= 4 is 54.2 Å². The van der Waals surface area contributed by atoms with E-state index >= 15 is 0 Å². The normalized spacial score (nSPS) is 9.00. The number of hydrogen-bond donors (Lipinski definition) is 0. The molecule has 0 atom stereocenters. The van der Waals surface area contributed by atoms with E-state index in [2.05, 4.69) is 22.6 Å². The lowest BCUT2D eigenvalue weighted by Gasteiger charge is -1.98. The highest BCUT2D eigenvalue weighted by atomic mass is 127. The van der Waals surface area contributed by atoms with Crippen molar-refractivity contribution < 1.29 is 0 Å². The van der Waals surface area contributed by atoms with Crippen molar-refractivity contribution in [1.29, 1.82) is 0 Å². The Morgan fingerprint density at radius 3 is 2.45 bits per heavy atom. The number of hydrogen-bond acceptors (Lipinski definition) is 0. The highest BCUT2D eigenvalue weighted by molar-refractivity contribution is 14.1. The van der Waals surface area contributed by atoms with Crippen LogP contribution in [0.5, 0.6) is 0 Å². The molecule has 0 saturated heterocycles. The molecule has 0 aliphatic carbocycles. The van der Waals surface area contributed by atoms with Crippen LogP contribution in [0.4, 0.5) is 0 Å². The van der Waals surface area contributed by atoms with Gasteiger partial charge in [-0.25, -0.2) is 0 Å². The van der Waals surface area contributed by atoms with E-state index in [4.69, 9.17) is 23.2 Å². The van der Waals surface area contributed by atoms with Crippen LogP contribution in [-0.4, -0.2) is 8.41 Å². The number of rotatable bonds is 1. The van der Waals surface area contributed by atoms with Crippen LogP contribution >= 0.6 is 45.8 Å². The minimum absolute atomic E-state index is 0. The minimum Gasteiger partial charge on any atom is -0.122 e. The Kier molecular flexibility index (Phi) is 5.56. The Morgan fingerprint density at radius 2 is 2.00 bits per heavy atom. The fraction of sp³-hybridized carbons (Fsp3) is 0.143. The Hall–Kier alpha value is 0.595. The summed E-state index contributed by atoms with van der Waals surface area (Å²) in [5, 5.41) is 0.762. The average Bonchev–Trinajstić information content (AvgIpc) is 1.88. The van der Waals surface area contributed by atoms with Gasteiger partial charge in [0.25, 0.3) is 0 Å². The van der Waals surface area contributed by atoms with Crippen molar-refractivity contribution in [1.82, 2.24) is 0 Å². The van der Waals surface area contributed by atoms with Crippen LogP contribution < -0.4 is 0 Å². The molecule has 1 aromatic rings. The lowest BCUT2D eigenvalue weighted by Crippen LogP contribution is -1.82. The van der Waals surface area contributed by atoms with Gasteiger partial charge in [0.05, 0.1) is 0 Å². The molecule has 4 heteroatoms. The Morgan fingerprint density at radius 1 is 1.36 bits per heavy atom. The maximum absolute atomic E-state index is 5.73. The third-order valence-electron chi connectivity index (χ3n) is 1.16. The zero-order chi connectivity index (χ0) is 7.56. The molecular weight excluding hydrogens is 293 g/mol. The predicted octanol–water partition coefficient (Wildman–Crippen LogP) is 3.30. The van der Waals surface area contributed by atoms with Gasteiger partial charge in [-0.15, -0.1) is 11.6 Å². The van der Waals surface area contributed by atoms with Crippen LogP contribution in [0.2, 0.25) is 5.02 Å². The Labute approximate surface area is 92.0 Å². The first-order valence-electron chi connectivity index (χ1n) is 2.74. The summed E-state index contributed by atoms with van der Waals surface area (Å²) in [6, 6.07) is 5.69. The van der Waals surface area contributed by atoms with Crippen molar-refractivity contribution in [2.45, 2.75) is 5.88 Å². The highest BCUT2D eigenvalue weighted by Crippen LogP contribution is 2.18. The molecule has 0 unspecified atom stereocenters. The van der Waals surface area contributed by atoms with Crippen molar-refractivity contribution in [2.75, 3.05) is 0 Å². The third-order valence-corrected chi connectivity index (χ3v) is 2.69. The van der Waals surface area contributed by atoms with Crippen LogP contribution in [0.1, 0.15) is 5.56 Å². The molecule has 0 aliphatic rings. The van der Waals surface area contributed by atoms with Crippen molar-refractivity contribution in [3.8, 4) is 0 Å². The number of halogens is 3. The highest BCUT2D eigenvalue weighted by Gasteiger charge is 1.97. The maximum Gasteiger partial charge on any atom is 0.0484 e. The number of benzene rings is 1. The fourth-order valence-electron chi connectivity index (χ4n) is 0.630. The molecule has 0 heterocycles. The third kappa shape index (κ3) is 3.22. The zero-order valence-electron chi connectivity index (χ0n) is 5.65. The summed E-state index contributed by atoms with van der Waals surface area (Å²) in [6.07, 6.45) is 0. The van der Waals surface area contributed by atoms with Crippen molar-refractivity contribution in [3.63, 3.8) is 0 Å². The van der Waals surface area contributed by atoms with E-state index < -0.39 is 0 Å². The summed E-state index contributed by atoms with van der Waals surface area (Å²) in [7, 11) is 0. The summed E-state index contributed by atoms with van der Waals surface area (Å²) in [6.45, 7) is 0. The number of alkyl halides is 1. The summed E-state index contributed by atoms with van der Waals surface area (Å²) < 4.78 is 1.13. The molecule has 3 radical (unpaired) electrons. The molecule has 0 N–H and O–H groups in total. The quantitative estimate of drug-likeness (QED) is 0.424. The SMILES string of the molecule is ClCc1ccc(Cl)cc1I.[B]. The van der Waals surface area contributed by atoms with Crippen LogP contribution in [0, 0.1) is 3.57 Å². The Bertz CT molecular complexity index is 240. The van der Waals surface area contributed by atoms with Gasteiger partial charge in [0, 0.05) is 22.9 Å². The first-order valence-corrected chi connectivity index (χ1v) is 4.73. The van der Waals surface area contributed by atoms with Gasteiger partial charge in [0.15, 0.2) is 0 Å². The lowest BCUT2D eigenvalue weighted by atomic mass is 10.2. The summed E-state index contributed by atoms with van der Waals surface area (Å²) >= 11 is 13.6. The van der Waals surface area contributed by atoms with Gasteiger partial charge in [-0.05, 0) is 40.3 Å². The maximum atomic E-state index is 5.73. The van der Waals surface area contributed by atoms with E-state index in [1.165, 1.54) is 0 Å². The topological polar surface area (TPSA) is 0 Å². The lowest BCUT2D eigenvalue weighted by molar-refractivity contribution is 1.37.